The van der Waals surface area contributed by atoms with Crippen LogP contribution >= 0.6 is 0 Å². The Morgan fingerprint density at radius 2 is 2.36 bits per heavy atom. The number of rotatable bonds is 2. The van der Waals surface area contributed by atoms with E-state index in [0.717, 1.165) is 19.3 Å². The van der Waals surface area contributed by atoms with Crippen molar-refractivity contribution in [3.05, 3.63) is 0 Å². The van der Waals surface area contributed by atoms with Crippen molar-refractivity contribution in [2.75, 3.05) is 7.11 Å². The Hall–Kier alpha value is -1.46. The topological polar surface area (TPSA) is 96.9 Å². The summed E-state index contributed by atoms with van der Waals surface area (Å²) in [7, 11) is 1.31. The summed E-state index contributed by atoms with van der Waals surface area (Å²) in [6.07, 6.45) is 2.13. The fraction of sp³-hybridized carbons (Fsp3) is 0.750. The summed E-state index contributed by atoms with van der Waals surface area (Å²) in [6, 6.07) is -0.0849. The van der Waals surface area contributed by atoms with Crippen molar-refractivity contribution in [2.45, 2.75) is 25.3 Å². The molecule has 80 valence electrons. The number of nitrogens with one attached hydrogen (secondary N) is 1. The van der Waals surface area contributed by atoms with Gasteiger partial charge in [-0.3, -0.25) is 0 Å². The van der Waals surface area contributed by atoms with Crippen LogP contribution in [-0.2, 0) is 4.74 Å². The third kappa shape index (κ3) is 2.27. The summed E-state index contributed by atoms with van der Waals surface area (Å²) in [4.78, 5) is 10.9. The highest BCUT2D eigenvalue weighted by atomic mass is 16.5. The lowest BCUT2D eigenvalue weighted by atomic mass is 10.0. The number of hydrogen-bond donors (Lipinski definition) is 3. The second kappa shape index (κ2) is 4.69. The molecule has 1 aliphatic carbocycles. The van der Waals surface area contributed by atoms with Crippen molar-refractivity contribution in [2.24, 2.45) is 16.8 Å². The highest BCUT2D eigenvalue weighted by Gasteiger charge is 2.31. The second-order valence-corrected chi connectivity index (χ2v) is 3.30. The van der Waals surface area contributed by atoms with Gasteiger partial charge in [0.25, 0.3) is 0 Å². The average molecular weight is 201 g/mol. The quantitative estimate of drug-likeness (QED) is 0.258. The zero-order valence-electron chi connectivity index (χ0n) is 8.06. The Morgan fingerprint density at radius 1 is 1.64 bits per heavy atom. The van der Waals surface area contributed by atoms with E-state index >= 15 is 0 Å². The van der Waals surface area contributed by atoms with E-state index in [1.807, 2.05) is 0 Å². The summed E-state index contributed by atoms with van der Waals surface area (Å²) in [5.41, 5.74) is 5.49. The number of carbonyl (C=O) groups excluding carboxylic acids is 1. The maximum atomic E-state index is 10.9. The van der Waals surface area contributed by atoms with Crippen LogP contribution in [0.2, 0.25) is 0 Å². The van der Waals surface area contributed by atoms with Crippen LogP contribution in [0, 0.1) is 5.92 Å². The van der Waals surface area contributed by atoms with Gasteiger partial charge in [-0.1, -0.05) is 11.6 Å². The van der Waals surface area contributed by atoms with Gasteiger partial charge in [-0.25, -0.2) is 4.79 Å². The summed E-state index contributed by atoms with van der Waals surface area (Å²) in [5.74, 6) is 0.0861. The fourth-order valence-corrected chi connectivity index (χ4v) is 1.77. The number of hydrogen-bond acceptors (Lipinski definition) is 4. The lowest BCUT2D eigenvalue weighted by Crippen LogP contribution is -2.42. The fourth-order valence-electron chi connectivity index (χ4n) is 1.77. The monoisotopic (exact) mass is 201 g/mol. The van der Waals surface area contributed by atoms with Gasteiger partial charge in [0.1, 0.15) is 5.84 Å². The Balaban J connectivity index is 2.55. The first-order valence-corrected chi connectivity index (χ1v) is 4.51. The van der Waals surface area contributed by atoms with Gasteiger partial charge in [0.2, 0.25) is 0 Å². The van der Waals surface area contributed by atoms with Gasteiger partial charge in [-0.05, 0) is 12.8 Å². The van der Waals surface area contributed by atoms with Crippen LogP contribution in [0.15, 0.2) is 5.16 Å². The van der Waals surface area contributed by atoms with Crippen molar-refractivity contribution >= 4 is 11.9 Å². The third-order valence-electron chi connectivity index (χ3n) is 2.50. The van der Waals surface area contributed by atoms with Crippen LogP contribution in [0.4, 0.5) is 4.79 Å². The standard InChI is InChI=1S/C8H15N3O3/c1-14-8(12)10-6-4-2-3-5(6)7(9)11-13/h5-6,13H,2-4H2,1H3,(H2,9,11)(H,10,12). The zero-order valence-corrected chi connectivity index (χ0v) is 8.06. The van der Waals surface area contributed by atoms with Gasteiger partial charge < -0.3 is 21.0 Å². The van der Waals surface area contributed by atoms with Crippen molar-refractivity contribution in [1.29, 1.82) is 0 Å². The Morgan fingerprint density at radius 3 is 2.93 bits per heavy atom. The molecule has 0 aromatic heterocycles. The molecule has 14 heavy (non-hydrogen) atoms. The molecule has 1 fully saturated rings. The minimum atomic E-state index is -0.479. The largest absolute Gasteiger partial charge is 0.453 e. The lowest BCUT2D eigenvalue weighted by Gasteiger charge is -2.18. The number of amides is 1. The van der Waals surface area contributed by atoms with E-state index in [9.17, 15) is 4.79 Å². The number of ether oxygens (including phenoxy) is 1. The number of nitrogens with zero attached hydrogens (tertiary/aromatic N) is 1. The van der Waals surface area contributed by atoms with Crippen molar-refractivity contribution in [3.63, 3.8) is 0 Å². The highest BCUT2D eigenvalue weighted by Crippen LogP contribution is 2.25. The van der Waals surface area contributed by atoms with E-state index in [4.69, 9.17) is 10.9 Å². The molecule has 1 aliphatic rings. The summed E-state index contributed by atoms with van der Waals surface area (Å²) in [5, 5.41) is 14.1. The molecular formula is C8H15N3O3. The molecule has 4 N–H and O–H groups in total. The maximum absolute atomic E-state index is 10.9. The van der Waals surface area contributed by atoms with Crippen LogP contribution in [-0.4, -0.2) is 30.3 Å². The number of oxime groups is 1. The first kappa shape index (κ1) is 10.6. The predicted octanol–water partition coefficient (Wildman–Crippen LogP) is 0.257. The van der Waals surface area contributed by atoms with E-state index in [-0.39, 0.29) is 17.8 Å². The van der Waals surface area contributed by atoms with Gasteiger partial charge in [0, 0.05) is 12.0 Å². The van der Waals surface area contributed by atoms with E-state index < -0.39 is 6.09 Å². The van der Waals surface area contributed by atoms with Crippen LogP contribution in [0.3, 0.4) is 0 Å². The van der Waals surface area contributed by atoms with Crippen LogP contribution in [0.5, 0.6) is 0 Å². The molecule has 0 aromatic rings. The lowest BCUT2D eigenvalue weighted by molar-refractivity contribution is 0.165. The molecule has 0 spiro atoms. The predicted molar refractivity (Wildman–Crippen MR) is 50.1 cm³/mol. The molecule has 0 bridgehead atoms. The van der Waals surface area contributed by atoms with E-state index in [1.165, 1.54) is 7.11 Å². The smallest absolute Gasteiger partial charge is 0.407 e. The molecule has 0 aliphatic heterocycles. The molecule has 6 heteroatoms. The molecule has 0 aromatic carbocycles. The minimum absolute atomic E-state index is 0.0842. The molecule has 2 atom stereocenters. The first-order valence-electron chi connectivity index (χ1n) is 4.51. The molecule has 1 saturated carbocycles. The van der Waals surface area contributed by atoms with Crippen LogP contribution in [0.25, 0.3) is 0 Å². The number of alkyl carbamates (subject to hydrolysis) is 1. The molecular weight excluding hydrogens is 186 g/mol. The first-order chi connectivity index (χ1) is 6.69. The van der Waals surface area contributed by atoms with E-state index in [0.29, 0.717) is 0 Å². The minimum Gasteiger partial charge on any atom is -0.453 e. The molecule has 2 unspecified atom stereocenters. The molecule has 0 heterocycles. The Labute approximate surface area is 82.1 Å². The number of amidine groups is 1. The third-order valence-corrected chi connectivity index (χ3v) is 2.50. The number of methoxy groups -OCH3 is 1. The van der Waals surface area contributed by atoms with Crippen molar-refractivity contribution in [3.8, 4) is 0 Å². The molecule has 0 radical (unpaired) electrons. The van der Waals surface area contributed by atoms with E-state index in [1.54, 1.807) is 0 Å². The number of carbonyl (C=O) groups is 1. The van der Waals surface area contributed by atoms with Gasteiger partial charge in [0.05, 0.1) is 7.11 Å². The summed E-state index contributed by atoms with van der Waals surface area (Å²) in [6.45, 7) is 0. The maximum Gasteiger partial charge on any atom is 0.407 e. The Kier molecular flexibility index (Phi) is 3.55. The summed E-state index contributed by atoms with van der Waals surface area (Å²) < 4.78 is 4.48. The Bertz CT molecular complexity index is 242. The molecule has 1 amide bonds. The summed E-state index contributed by atoms with van der Waals surface area (Å²) >= 11 is 0. The van der Waals surface area contributed by atoms with Crippen LogP contribution < -0.4 is 11.1 Å². The average Bonchev–Trinajstić information content (AvgIpc) is 2.64. The molecule has 0 saturated heterocycles. The van der Waals surface area contributed by atoms with Crippen LogP contribution in [0.1, 0.15) is 19.3 Å². The number of nitrogens with two attached hydrogens (primary N) is 1. The molecule has 6 nitrogen and oxygen atoms in total. The highest BCUT2D eigenvalue weighted by molar-refractivity contribution is 5.83. The second-order valence-electron chi connectivity index (χ2n) is 3.30. The van der Waals surface area contributed by atoms with Gasteiger partial charge in [-0.15, -0.1) is 0 Å². The zero-order chi connectivity index (χ0) is 10.6. The molecule has 1 rings (SSSR count). The van der Waals surface area contributed by atoms with Crippen molar-refractivity contribution in [1.82, 2.24) is 5.32 Å². The van der Waals surface area contributed by atoms with Gasteiger partial charge in [0.15, 0.2) is 0 Å². The van der Waals surface area contributed by atoms with Gasteiger partial charge in [-0.2, -0.15) is 0 Å². The van der Waals surface area contributed by atoms with Crippen molar-refractivity contribution < 1.29 is 14.7 Å². The normalized spacial score (nSPS) is 27.4. The van der Waals surface area contributed by atoms with E-state index in [2.05, 4.69) is 15.2 Å². The SMILES string of the molecule is COC(=O)NC1CCCC1/C(N)=N/O. The van der Waals surface area contributed by atoms with Gasteiger partial charge >= 0.3 is 6.09 Å².